The van der Waals surface area contributed by atoms with Gasteiger partial charge >= 0.3 is 0 Å². The van der Waals surface area contributed by atoms with E-state index in [1.54, 1.807) is 0 Å². The molecule has 0 heterocycles. The van der Waals surface area contributed by atoms with Crippen LogP contribution in [0.2, 0.25) is 0 Å². The Bertz CT molecular complexity index is 86.6. The second-order valence-electron chi connectivity index (χ2n) is 1.58. The third-order valence-corrected chi connectivity index (χ3v) is 0.498. The maximum Gasteiger partial charge on any atom is 0.137 e. The van der Waals surface area contributed by atoms with E-state index in [1.165, 1.54) is 13.8 Å². The summed E-state index contributed by atoms with van der Waals surface area (Å²) in [6, 6.07) is 0. The van der Waals surface area contributed by atoms with E-state index in [9.17, 15) is 9.59 Å². The summed E-state index contributed by atoms with van der Waals surface area (Å²) in [5.74, 6) is -0.125. The molecule has 0 rings (SSSR count). The van der Waals surface area contributed by atoms with Gasteiger partial charge in [0.2, 0.25) is 0 Å². The zero-order valence-corrected chi connectivity index (χ0v) is 9.59. The van der Waals surface area contributed by atoms with Crippen molar-refractivity contribution in [3.63, 3.8) is 0 Å². The van der Waals surface area contributed by atoms with Crippen molar-refractivity contribution in [2.45, 2.75) is 20.3 Å². The Morgan fingerprint density at radius 3 is 1.38 bits per heavy atom. The Kier molecular flexibility index (Phi) is 7.50. The van der Waals surface area contributed by atoms with E-state index in [4.69, 9.17) is 0 Å². The maximum atomic E-state index is 10.0. The zero-order chi connectivity index (χ0) is 5.86. The molecule has 0 saturated heterocycles. The molecular formula is C5H8O2Tl. The molecule has 0 atom stereocenters. The Hall–Kier alpha value is 0.262. The number of carbonyl (C=O) groups is 2. The average Bonchev–Trinajstić information content (AvgIpc) is 1.27. The molecule has 0 N–H and O–H groups in total. The van der Waals surface area contributed by atoms with Gasteiger partial charge in [0.1, 0.15) is 11.6 Å². The molecule has 1 radical (unpaired) electrons. The Morgan fingerprint density at radius 2 is 1.38 bits per heavy atom. The first-order chi connectivity index (χ1) is 3.13. The van der Waals surface area contributed by atoms with Gasteiger partial charge in [-0.2, -0.15) is 0 Å². The molecule has 0 fully saturated rings. The van der Waals surface area contributed by atoms with Crippen molar-refractivity contribution in [3.8, 4) is 0 Å². The minimum absolute atomic E-state index is 0. The van der Waals surface area contributed by atoms with E-state index in [0.717, 1.165) is 0 Å². The maximum absolute atomic E-state index is 10.0. The average molecular weight is 304 g/mol. The van der Waals surface area contributed by atoms with Gasteiger partial charge in [0.05, 0.1) is 6.42 Å². The van der Waals surface area contributed by atoms with E-state index in [-0.39, 0.29) is 45.3 Å². The first kappa shape index (κ1) is 11.1. The van der Waals surface area contributed by atoms with Crippen molar-refractivity contribution in [2.24, 2.45) is 0 Å². The van der Waals surface area contributed by atoms with E-state index in [2.05, 4.69) is 0 Å². The van der Waals surface area contributed by atoms with Gasteiger partial charge in [0.25, 0.3) is 0 Å². The SMILES string of the molecule is CC(=O)CC(C)=O.[Tl]. The van der Waals surface area contributed by atoms with Crippen molar-refractivity contribution < 1.29 is 9.59 Å². The van der Waals surface area contributed by atoms with Gasteiger partial charge in [-0.15, -0.1) is 0 Å². The summed E-state index contributed by atoms with van der Waals surface area (Å²) in [4.78, 5) is 20.1. The third-order valence-electron chi connectivity index (χ3n) is 0.498. The van der Waals surface area contributed by atoms with Crippen LogP contribution in [-0.2, 0) is 9.59 Å². The van der Waals surface area contributed by atoms with Gasteiger partial charge in [0.15, 0.2) is 0 Å². The largest absolute Gasteiger partial charge is 0.300 e. The number of rotatable bonds is 2. The standard InChI is InChI=1S/C5H8O2.Tl/c1-4(6)3-5(2)7;/h3H2,1-2H3;. The van der Waals surface area contributed by atoms with Gasteiger partial charge in [-0.05, 0) is 13.8 Å². The van der Waals surface area contributed by atoms with Gasteiger partial charge in [-0.3, -0.25) is 9.59 Å². The second kappa shape index (κ2) is 5.40. The molecule has 0 aromatic rings. The number of hydrogen-bond donors (Lipinski definition) is 0. The number of ketones is 2. The first-order valence-corrected chi connectivity index (χ1v) is 2.12. The number of Topliss-reactive ketones (excluding diaryl/α,β-unsaturated/α-hetero) is 2. The van der Waals surface area contributed by atoms with Crippen LogP contribution < -0.4 is 0 Å². The van der Waals surface area contributed by atoms with E-state index in [1.807, 2.05) is 0 Å². The second-order valence-corrected chi connectivity index (χ2v) is 1.58. The van der Waals surface area contributed by atoms with Gasteiger partial charge in [0, 0.05) is 27.3 Å². The summed E-state index contributed by atoms with van der Waals surface area (Å²) in [7, 11) is 0. The normalized spacial score (nSPS) is 7.25. The summed E-state index contributed by atoms with van der Waals surface area (Å²) >= 11 is 0. The zero-order valence-electron chi connectivity index (χ0n) is 5.10. The van der Waals surface area contributed by atoms with Crippen LogP contribution in [0.1, 0.15) is 20.3 Å². The summed E-state index contributed by atoms with van der Waals surface area (Å²) in [6.07, 6.45) is 0.0833. The molecule has 0 aromatic heterocycles. The molecule has 0 amide bonds. The van der Waals surface area contributed by atoms with Crippen LogP contribution in [0.5, 0.6) is 0 Å². The van der Waals surface area contributed by atoms with Crippen LogP contribution in [-0.4, -0.2) is 38.9 Å². The summed E-state index contributed by atoms with van der Waals surface area (Å²) in [5, 5.41) is 0. The molecule has 3 heteroatoms. The molecule has 2 nitrogen and oxygen atoms in total. The van der Waals surface area contributed by atoms with Crippen molar-refractivity contribution >= 4 is 38.9 Å². The third kappa shape index (κ3) is 9.55. The molecule has 43 valence electrons. The van der Waals surface area contributed by atoms with Crippen LogP contribution >= 0.6 is 0 Å². The molecule has 0 aliphatic rings. The Labute approximate surface area is 68.8 Å². The molecule has 0 unspecified atom stereocenters. The van der Waals surface area contributed by atoms with Crippen LogP contribution in [0.15, 0.2) is 0 Å². The Morgan fingerprint density at radius 1 is 1.12 bits per heavy atom. The van der Waals surface area contributed by atoms with Gasteiger partial charge in [-0.1, -0.05) is 0 Å². The van der Waals surface area contributed by atoms with E-state index < -0.39 is 0 Å². The fourth-order valence-electron chi connectivity index (χ4n) is 0.351. The van der Waals surface area contributed by atoms with Crippen LogP contribution in [0.4, 0.5) is 0 Å². The van der Waals surface area contributed by atoms with Crippen molar-refractivity contribution in [3.05, 3.63) is 0 Å². The minimum atomic E-state index is -0.0625. The molecule has 0 saturated carbocycles. The van der Waals surface area contributed by atoms with Crippen molar-refractivity contribution in [1.82, 2.24) is 0 Å². The summed E-state index contributed by atoms with van der Waals surface area (Å²) < 4.78 is 0. The fraction of sp³-hybridized carbons (Fsp3) is 0.600. The van der Waals surface area contributed by atoms with E-state index in [0.29, 0.717) is 0 Å². The van der Waals surface area contributed by atoms with Crippen molar-refractivity contribution in [2.75, 3.05) is 0 Å². The molecule has 0 aromatic carbocycles. The van der Waals surface area contributed by atoms with E-state index >= 15 is 0 Å². The van der Waals surface area contributed by atoms with Gasteiger partial charge < -0.3 is 0 Å². The molecule has 8 heavy (non-hydrogen) atoms. The van der Waals surface area contributed by atoms with Gasteiger partial charge in [-0.25, -0.2) is 0 Å². The minimum Gasteiger partial charge on any atom is -0.300 e. The van der Waals surface area contributed by atoms with Crippen LogP contribution in [0.3, 0.4) is 0 Å². The smallest absolute Gasteiger partial charge is 0.137 e. The summed E-state index contributed by atoms with van der Waals surface area (Å²) in [5.41, 5.74) is 0. The van der Waals surface area contributed by atoms with Crippen LogP contribution in [0, 0.1) is 0 Å². The molecular weight excluding hydrogens is 296 g/mol. The number of hydrogen-bond acceptors (Lipinski definition) is 2. The fourth-order valence-corrected chi connectivity index (χ4v) is 0.351. The predicted molar refractivity (Wildman–Crippen MR) is 31.7 cm³/mol. The molecule has 0 spiro atoms. The quantitative estimate of drug-likeness (QED) is 0.538. The molecule has 0 aliphatic heterocycles. The summed E-state index contributed by atoms with van der Waals surface area (Å²) in [6.45, 7) is 2.81. The topological polar surface area (TPSA) is 34.1 Å². The Balaban J connectivity index is 0. The molecule has 0 aliphatic carbocycles. The van der Waals surface area contributed by atoms with Crippen LogP contribution in [0.25, 0.3) is 0 Å². The molecule has 0 bridgehead atoms. The van der Waals surface area contributed by atoms with Crippen molar-refractivity contribution in [1.29, 1.82) is 0 Å². The number of carbonyl (C=O) groups excluding carboxylic acids is 2. The first-order valence-electron chi connectivity index (χ1n) is 2.12. The predicted octanol–water partition coefficient (Wildman–Crippen LogP) is 0.174. The monoisotopic (exact) mass is 305 g/mol.